The van der Waals surface area contributed by atoms with Gasteiger partial charge in [-0.3, -0.25) is 4.79 Å². The summed E-state index contributed by atoms with van der Waals surface area (Å²) < 4.78 is 5.60. The molecule has 2 unspecified atom stereocenters. The van der Waals surface area contributed by atoms with E-state index in [0.29, 0.717) is 6.42 Å². The van der Waals surface area contributed by atoms with Crippen molar-refractivity contribution in [1.29, 1.82) is 0 Å². The summed E-state index contributed by atoms with van der Waals surface area (Å²) in [6, 6.07) is 14.1. The molecule has 0 spiro atoms. The lowest BCUT2D eigenvalue weighted by Gasteiger charge is -2.28. The number of rotatable bonds is 9. The Morgan fingerprint density at radius 2 is 1.49 bits per heavy atom. The average molecular weight is 482 g/mol. The van der Waals surface area contributed by atoms with Gasteiger partial charge in [-0.2, -0.15) is 0 Å². The third-order valence-electron chi connectivity index (χ3n) is 5.93. The fraction of sp³-hybridized carbons (Fsp3) is 0.444. The second kappa shape index (κ2) is 10.9. The molecule has 2 aromatic carbocycles. The average Bonchev–Trinajstić information content (AvgIpc) is 3.09. The first kappa shape index (κ1) is 26.2. The van der Waals surface area contributed by atoms with Gasteiger partial charge in [-0.25, -0.2) is 9.59 Å². The molecule has 2 amide bonds. The van der Waals surface area contributed by atoms with Crippen LogP contribution in [0.2, 0.25) is 0 Å². The first-order valence-corrected chi connectivity index (χ1v) is 11.8. The van der Waals surface area contributed by atoms with Crippen LogP contribution in [0.5, 0.6) is 0 Å². The topological polar surface area (TPSA) is 108 Å². The minimum absolute atomic E-state index is 0.0977. The minimum atomic E-state index is -1.14. The molecule has 0 saturated carbocycles. The number of likely N-dealkylation sites (N-methyl/N-ethyl adjacent to an activating group) is 1. The zero-order chi connectivity index (χ0) is 25.8. The van der Waals surface area contributed by atoms with Crippen LogP contribution < -0.4 is 10.6 Å². The summed E-state index contributed by atoms with van der Waals surface area (Å²) in [5, 5.41) is 14.7. The summed E-state index contributed by atoms with van der Waals surface area (Å²) in [6.45, 7) is 6.10. The molecule has 0 bridgehead atoms. The van der Waals surface area contributed by atoms with E-state index in [-0.39, 0.29) is 24.5 Å². The molecule has 188 valence electrons. The molecule has 0 aliphatic heterocycles. The number of benzene rings is 2. The van der Waals surface area contributed by atoms with Gasteiger partial charge in [0.15, 0.2) is 0 Å². The van der Waals surface area contributed by atoms with E-state index in [1.54, 1.807) is 19.0 Å². The Morgan fingerprint density at radius 3 is 1.97 bits per heavy atom. The molecule has 3 N–H and O–H groups in total. The predicted molar refractivity (Wildman–Crippen MR) is 134 cm³/mol. The van der Waals surface area contributed by atoms with E-state index in [9.17, 15) is 19.5 Å². The molecule has 2 aromatic rings. The van der Waals surface area contributed by atoms with Gasteiger partial charge in [-0.15, -0.1) is 0 Å². The van der Waals surface area contributed by atoms with Crippen LogP contribution in [0.1, 0.15) is 44.2 Å². The number of carboxylic acid groups (broad SMARTS) is 1. The zero-order valence-electron chi connectivity index (χ0n) is 21.0. The van der Waals surface area contributed by atoms with Gasteiger partial charge in [-0.1, -0.05) is 69.3 Å². The van der Waals surface area contributed by atoms with Crippen LogP contribution >= 0.6 is 0 Å². The summed E-state index contributed by atoms with van der Waals surface area (Å²) in [6.07, 6.45) is -0.395. The van der Waals surface area contributed by atoms with Crippen LogP contribution in [0, 0.1) is 5.41 Å². The van der Waals surface area contributed by atoms with E-state index in [1.807, 2.05) is 57.2 Å². The summed E-state index contributed by atoms with van der Waals surface area (Å²) in [7, 11) is 3.45. The van der Waals surface area contributed by atoms with Crippen LogP contribution in [0.4, 0.5) is 4.79 Å². The number of aliphatic carboxylic acids is 1. The van der Waals surface area contributed by atoms with Crippen LogP contribution in [-0.4, -0.2) is 67.3 Å². The number of amides is 2. The maximum absolute atomic E-state index is 13.0. The fourth-order valence-electron chi connectivity index (χ4n) is 4.43. The third-order valence-corrected chi connectivity index (χ3v) is 5.93. The van der Waals surface area contributed by atoms with Crippen molar-refractivity contribution < 1.29 is 24.2 Å². The lowest BCUT2D eigenvalue weighted by Crippen LogP contribution is -2.55. The molecule has 0 radical (unpaired) electrons. The van der Waals surface area contributed by atoms with E-state index >= 15 is 0 Å². The van der Waals surface area contributed by atoms with Gasteiger partial charge >= 0.3 is 12.1 Å². The smallest absolute Gasteiger partial charge is 0.407 e. The van der Waals surface area contributed by atoms with Gasteiger partial charge in [-0.05, 0) is 48.2 Å². The van der Waals surface area contributed by atoms with Crippen molar-refractivity contribution in [2.45, 2.75) is 45.2 Å². The Hall–Kier alpha value is -3.39. The Bertz CT molecular complexity index is 1030. The molecule has 1 aliphatic rings. The highest BCUT2D eigenvalue weighted by molar-refractivity contribution is 5.89. The minimum Gasteiger partial charge on any atom is -0.480 e. The predicted octanol–water partition coefficient (Wildman–Crippen LogP) is 3.46. The van der Waals surface area contributed by atoms with Crippen molar-refractivity contribution in [3.8, 4) is 11.1 Å². The van der Waals surface area contributed by atoms with Crippen LogP contribution in [0.25, 0.3) is 11.1 Å². The summed E-state index contributed by atoms with van der Waals surface area (Å²) >= 11 is 0. The number of hydrogen-bond acceptors (Lipinski definition) is 5. The number of fused-ring (bicyclic) bond motifs is 3. The number of hydrogen-bond donors (Lipinski definition) is 3. The highest BCUT2D eigenvalue weighted by Crippen LogP contribution is 2.44. The molecule has 1 aliphatic carbocycles. The van der Waals surface area contributed by atoms with E-state index in [2.05, 4.69) is 22.8 Å². The number of carboxylic acids is 1. The standard InChI is InChI=1S/C27H35N3O5/c1-27(2,3)14-22(24(31)28-23(25(32)33)15-30(4)5)29-26(34)35-16-21-19-12-8-6-10-17(19)18-11-7-9-13-20(18)21/h6-13,21-23H,14-16H2,1-5H3,(H,28,31)(H,29,34)(H,32,33). The van der Waals surface area contributed by atoms with Crippen molar-refractivity contribution in [3.63, 3.8) is 0 Å². The van der Waals surface area contributed by atoms with E-state index in [4.69, 9.17) is 4.74 Å². The Morgan fingerprint density at radius 1 is 0.943 bits per heavy atom. The normalized spacial score (nSPS) is 14.6. The second-order valence-electron chi connectivity index (χ2n) is 10.4. The van der Waals surface area contributed by atoms with Crippen molar-refractivity contribution in [2.75, 3.05) is 27.2 Å². The maximum Gasteiger partial charge on any atom is 0.407 e. The number of nitrogens with one attached hydrogen (secondary N) is 2. The molecule has 8 nitrogen and oxygen atoms in total. The molecular formula is C27H35N3O5. The fourth-order valence-corrected chi connectivity index (χ4v) is 4.43. The Balaban J connectivity index is 1.69. The zero-order valence-corrected chi connectivity index (χ0v) is 21.0. The Kier molecular flexibility index (Phi) is 8.17. The van der Waals surface area contributed by atoms with Gasteiger partial charge < -0.3 is 25.4 Å². The first-order valence-electron chi connectivity index (χ1n) is 11.8. The van der Waals surface area contributed by atoms with Crippen LogP contribution in [0.3, 0.4) is 0 Å². The summed E-state index contributed by atoms with van der Waals surface area (Å²) in [5.74, 6) is -1.79. The van der Waals surface area contributed by atoms with Gasteiger partial charge in [0.2, 0.25) is 5.91 Å². The van der Waals surface area contributed by atoms with Crippen molar-refractivity contribution in [2.24, 2.45) is 5.41 Å². The number of carbonyl (C=O) groups excluding carboxylic acids is 2. The van der Waals surface area contributed by atoms with Crippen molar-refractivity contribution in [3.05, 3.63) is 59.7 Å². The molecule has 2 atom stereocenters. The number of carbonyl (C=O) groups is 3. The second-order valence-corrected chi connectivity index (χ2v) is 10.4. The maximum atomic E-state index is 13.0. The monoisotopic (exact) mass is 481 g/mol. The lowest BCUT2D eigenvalue weighted by atomic mass is 9.87. The van der Waals surface area contributed by atoms with Gasteiger partial charge in [0.05, 0.1) is 0 Å². The van der Waals surface area contributed by atoms with E-state index in [1.165, 1.54) is 0 Å². The molecule has 0 aromatic heterocycles. The summed E-state index contributed by atoms with van der Waals surface area (Å²) in [4.78, 5) is 39.0. The molecule has 35 heavy (non-hydrogen) atoms. The number of alkyl carbamates (subject to hydrolysis) is 1. The molecule has 0 heterocycles. The van der Waals surface area contributed by atoms with Crippen LogP contribution in [-0.2, 0) is 14.3 Å². The van der Waals surface area contributed by atoms with Gasteiger partial charge in [0.1, 0.15) is 18.7 Å². The number of ether oxygens (including phenoxy) is 1. The third kappa shape index (κ3) is 6.82. The van der Waals surface area contributed by atoms with E-state index in [0.717, 1.165) is 22.3 Å². The highest BCUT2D eigenvalue weighted by atomic mass is 16.5. The van der Waals surface area contributed by atoms with E-state index < -0.39 is 30.1 Å². The molecule has 8 heteroatoms. The number of nitrogens with zero attached hydrogens (tertiary/aromatic N) is 1. The van der Waals surface area contributed by atoms with Gasteiger partial charge in [0.25, 0.3) is 0 Å². The molecule has 3 rings (SSSR count). The van der Waals surface area contributed by atoms with Crippen LogP contribution in [0.15, 0.2) is 48.5 Å². The molecule has 0 fully saturated rings. The molecular weight excluding hydrogens is 446 g/mol. The molecule has 0 saturated heterocycles. The Labute approximate surface area is 206 Å². The van der Waals surface area contributed by atoms with Gasteiger partial charge in [0, 0.05) is 12.5 Å². The quantitative estimate of drug-likeness (QED) is 0.506. The first-order chi connectivity index (χ1) is 16.5. The summed E-state index contributed by atoms with van der Waals surface area (Å²) in [5.41, 5.74) is 4.15. The van der Waals surface area contributed by atoms with Crippen molar-refractivity contribution >= 4 is 18.0 Å². The highest BCUT2D eigenvalue weighted by Gasteiger charge is 2.32. The lowest BCUT2D eigenvalue weighted by molar-refractivity contribution is -0.142. The largest absolute Gasteiger partial charge is 0.480 e. The van der Waals surface area contributed by atoms with Crippen molar-refractivity contribution in [1.82, 2.24) is 15.5 Å². The SMILES string of the molecule is CN(C)CC(NC(=O)C(CC(C)(C)C)NC(=O)OCC1c2ccccc2-c2ccccc21)C(=O)O.